The summed E-state index contributed by atoms with van der Waals surface area (Å²) in [7, 11) is 3.90. The van der Waals surface area contributed by atoms with E-state index in [2.05, 4.69) is 51.4 Å². The number of nitrogens with zero attached hydrogens (tertiary/aromatic N) is 1. The summed E-state index contributed by atoms with van der Waals surface area (Å²) in [6.07, 6.45) is 2.66. The van der Waals surface area contributed by atoms with Crippen LogP contribution < -0.4 is 10.2 Å². The van der Waals surface area contributed by atoms with Crippen molar-refractivity contribution in [3.63, 3.8) is 0 Å². The standard InChI is InChI=1S/C14H21BrN2O/c1-17(12-5-6-12)13-4-3-11(14(15)9-13)10-16-7-8-18-2/h3-4,9,12,16H,5-8,10H2,1-2H3. The van der Waals surface area contributed by atoms with Crippen molar-refractivity contribution in [2.45, 2.75) is 25.4 Å². The van der Waals surface area contributed by atoms with Crippen LogP contribution in [0.25, 0.3) is 0 Å². The maximum absolute atomic E-state index is 5.01. The summed E-state index contributed by atoms with van der Waals surface area (Å²) in [5.41, 5.74) is 2.59. The number of halogens is 1. The fraction of sp³-hybridized carbons (Fsp3) is 0.571. The number of ether oxygens (including phenoxy) is 1. The van der Waals surface area contributed by atoms with Gasteiger partial charge in [0.2, 0.25) is 0 Å². The summed E-state index contributed by atoms with van der Waals surface area (Å²) >= 11 is 3.66. The fourth-order valence-corrected chi connectivity index (χ4v) is 2.48. The lowest BCUT2D eigenvalue weighted by Crippen LogP contribution is -2.20. The van der Waals surface area contributed by atoms with Gasteiger partial charge in [-0.1, -0.05) is 22.0 Å². The van der Waals surface area contributed by atoms with Gasteiger partial charge < -0.3 is 15.0 Å². The summed E-state index contributed by atoms with van der Waals surface area (Å²) in [5, 5.41) is 3.36. The van der Waals surface area contributed by atoms with Gasteiger partial charge >= 0.3 is 0 Å². The van der Waals surface area contributed by atoms with Crippen molar-refractivity contribution in [1.82, 2.24) is 5.32 Å². The van der Waals surface area contributed by atoms with Crippen molar-refractivity contribution in [1.29, 1.82) is 0 Å². The molecule has 1 N–H and O–H groups in total. The van der Waals surface area contributed by atoms with Crippen LogP contribution in [-0.4, -0.2) is 33.4 Å². The Morgan fingerprint density at radius 3 is 2.83 bits per heavy atom. The van der Waals surface area contributed by atoms with Gasteiger partial charge in [-0.3, -0.25) is 0 Å². The van der Waals surface area contributed by atoms with Crippen molar-refractivity contribution < 1.29 is 4.74 Å². The van der Waals surface area contributed by atoms with Crippen LogP contribution in [-0.2, 0) is 11.3 Å². The van der Waals surface area contributed by atoms with Crippen LogP contribution in [0.5, 0.6) is 0 Å². The van der Waals surface area contributed by atoms with E-state index in [0.717, 1.165) is 25.7 Å². The van der Waals surface area contributed by atoms with Gasteiger partial charge in [0.05, 0.1) is 6.61 Å². The molecule has 0 bridgehead atoms. The Balaban J connectivity index is 1.92. The summed E-state index contributed by atoms with van der Waals surface area (Å²) < 4.78 is 6.19. The quantitative estimate of drug-likeness (QED) is 0.784. The van der Waals surface area contributed by atoms with E-state index >= 15 is 0 Å². The number of nitrogens with one attached hydrogen (secondary N) is 1. The van der Waals surface area contributed by atoms with E-state index in [9.17, 15) is 0 Å². The fourth-order valence-electron chi connectivity index (χ4n) is 1.97. The molecule has 0 unspecified atom stereocenters. The number of methoxy groups -OCH3 is 1. The second-order valence-electron chi connectivity index (χ2n) is 4.79. The molecule has 0 saturated heterocycles. The molecule has 1 aliphatic carbocycles. The number of hydrogen-bond acceptors (Lipinski definition) is 3. The molecule has 0 aliphatic heterocycles. The molecular weight excluding hydrogens is 292 g/mol. The highest BCUT2D eigenvalue weighted by molar-refractivity contribution is 9.10. The molecule has 0 radical (unpaired) electrons. The number of benzene rings is 1. The zero-order valence-corrected chi connectivity index (χ0v) is 12.7. The van der Waals surface area contributed by atoms with Crippen LogP contribution in [0.2, 0.25) is 0 Å². The van der Waals surface area contributed by atoms with Gasteiger partial charge in [0.15, 0.2) is 0 Å². The predicted molar refractivity (Wildman–Crippen MR) is 79.1 cm³/mol. The lowest BCUT2D eigenvalue weighted by atomic mass is 10.2. The molecule has 3 nitrogen and oxygen atoms in total. The largest absolute Gasteiger partial charge is 0.383 e. The lowest BCUT2D eigenvalue weighted by molar-refractivity contribution is 0.199. The molecule has 1 aromatic carbocycles. The van der Waals surface area contributed by atoms with Crippen molar-refractivity contribution in [3.8, 4) is 0 Å². The van der Waals surface area contributed by atoms with Gasteiger partial charge in [-0.05, 0) is 30.5 Å². The predicted octanol–water partition coefficient (Wildman–Crippen LogP) is 2.78. The Hall–Kier alpha value is -0.580. The first-order valence-corrected chi connectivity index (χ1v) is 7.22. The van der Waals surface area contributed by atoms with Gasteiger partial charge in [-0.2, -0.15) is 0 Å². The normalized spacial score (nSPS) is 14.8. The third-order valence-corrected chi connectivity index (χ3v) is 4.08. The van der Waals surface area contributed by atoms with Gasteiger partial charge in [0.25, 0.3) is 0 Å². The summed E-state index contributed by atoms with van der Waals surface area (Å²) in [5.74, 6) is 0. The van der Waals surface area contributed by atoms with E-state index in [4.69, 9.17) is 4.74 Å². The Kier molecular flexibility index (Phi) is 5.03. The molecule has 4 heteroatoms. The van der Waals surface area contributed by atoms with Crippen LogP contribution in [0.1, 0.15) is 18.4 Å². The molecule has 100 valence electrons. The molecule has 0 amide bonds. The van der Waals surface area contributed by atoms with Crippen LogP contribution in [0.4, 0.5) is 5.69 Å². The van der Waals surface area contributed by atoms with Crippen LogP contribution in [0, 0.1) is 0 Å². The van der Waals surface area contributed by atoms with Gasteiger partial charge in [-0.25, -0.2) is 0 Å². The first-order chi connectivity index (χ1) is 8.72. The van der Waals surface area contributed by atoms with Gasteiger partial charge in [0, 0.05) is 43.4 Å². The Bertz CT molecular complexity index is 393. The molecule has 0 aromatic heterocycles. The monoisotopic (exact) mass is 312 g/mol. The third-order valence-electron chi connectivity index (χ3n) is 3.34. The minimum absolute atomic E-state index is 0.750. The summed E-state index contributed by atoms with van der Waals surface area (Å²) in [4.78, 5) is 2.37. The van der Waals surface area contributed by atoms with Gasteiger partial charge in [-0.15, -0.1) is 0 Å². The molecule has 1 fully saturated rings. The molecule has 0 atom stereocenters. The molecule has 0 spiro atoms. The molecule has 18 heavy (non-hydrogen) atoms. The maximum atomic E-state index is 5.01. The highest BCUT2D eigenvalue weighted by atomic mass is 79.9. The van der Waals surface area contributed by atoms with E-state index < -0.39 is 0 Å². The summed E-state index contributed by atoms with van der Waals surface area (Å²) in [6.45, 7) is 2.50. The second kappa shape index (κ2) is 6.55. The molecular formula is C14H21BrN2O. The van der Waals surface area contributed by atoms with Crippen molar-refractivity contribution >= 4 is 21.6 Å². The van der Waals surface area contributed by atoms with Crippen molar-refractivity contribution in [3.05, 3.63) is 28.2 Å². The number of anilines is 1. The molecule has 1 aromatic rings. The minimum Gasteiger partial charge on any atom is -0.383 e. The van der Waals surface area contributed by atoms with Crippen molar-refractivity contribution in [2.24, 2.45) is 0 Å². The van der Waals surface area contributed by atoms with Crippen molar-refractivity contribution in [2.75, 3.05) is 32.2 Å². The van der Waals surface area contributed by atoms with Crippen LogP contribution in [0.3, 0.4) is 0 Å². The van der Waals surface area contributed by atoms with Crippen LogP contribution in [0.15, 0.2) is 22.7 Å². The van der Waals surface area contributed by atoms with E-state index in [0.29, 0.717) is 0 Å². The first kappa shape index (κ1) is 13.8. The Morgan fingerprint density at radius 2 is 2.22 bits per heavy atom. The highest BCUT2D eigenvalue weighted by Crippen LogP contribution is 2.32. The maximum Gasteiger partial charge on any atom is 0.0587 e. The molecule has 0 heterocycles. The molecule has 1 saturated carbocycles. The van der Waals surface area contributed by atoms with Gasteiger partial charge in [0.1, 0.15) is 0 Å². The smallest absolute Gasteiger partial charge is 0.0587 e. The number of rotatable bonds is 7. The average molecular weight is 313 g/mol. The highest BCUT2D eigenvalue weighted by Gasteiger charge is 2.26. The SMILES string of the molecule is COCCNCc1ccc(N(C)C2CC2)cc1Br. The van der Waals surface area contributed by atoms with E-state index in [1.54, 1.807) is 7.11 Å². The zero-order valence-electron chi connectivity index (χ0n) is 11.1. The summed E-state index contributed by atoms with van der Waals surface area (Å²) in [6, 6.07) is 7.36. The van der Waals surface area contributed by atoms with E-state index in [1.807, 2.05) is 0 Å². The zero-order chi connectivity index (χ0) is 13.0. The lowest BCUT2D eigenvalue weighted by Gasteiger charge is -2.19. The average Bonchev–Trinajstić information content (AvgIpc) is 3.19. The third kappa shape index (κ3) is 3.70. The first-order valence-electron chi connectivity index (χ1n) is 6.43. The number of hydrogen-bond donors (Lipinski definition) is 1. The minimum atomic E-state index is 0.750. The molecule has 2 rings (SSSR count). The Labute approximate surface area is 118 Å². The Morgan fingerprint density at radius 1 is 1.44 bits per heavy atom. The topological polar surface area (TPSA) is 24.5 Å². The second-order valence-corrected chi connectivity index (χ2v) is 5.64. The van der Waals surface area contributed by atoms with E-state index in [-0.39, 0.29) is 0 Å². The van der Waals surface area contributed by atoms with Crippen LogP contribution >= 0.6 is 15.9 Å². The van der Waals surface area contributed by atoms with E-state index in [1.165, 1.54) is 28.6 Å². The molecule has 1 aliphatic rings.